The van der Waals surface area contributed by atoms with Gasteiger partial charge in [0.2, 0.25) is 0 Å². The molecule has 84 valence electrons. The quantitative estimate of drug-likeness (QED) is 0.784. The molecule has 1 fully saturated rings. The lowest BCUT2D eigenvalue weighted by atomic mass is 10.3. The fourth-order valence-corrected chi connectivity index (χ4v) is 2.62. The van der Waals surface area contributed by atoms with E-state index in [1.807, 2.05) is 6.20 Å². The Kier molecular flexibility index (Phi) is 4.11. The van der Waals surface area contributed by atoms with Crippen molar-refractivity contribution in [3.8, 4) is 0 Å². The third-order valence-corrected chi connectivity index (χ3v) is 3.84. The lowest BCUT2D eigenvalue weighted by molar-refractivity contribution is -0.0240. The summed E-state index contributed by atoms with van der Waals surface area (Å²) in [7, 11) is 0. The molecule has 0 spiro atoms. The van der Waals surface area contributed by atoms with Crippen molar-refractivity contribution in [1.82, 2.24) is 10.5 Å². The number of aromatic nitrogens is 1. The molecule has 0 radical (unpaired) electrons. The van der Waals surface area contributed by atoms with Crippen molar-refractivity contribution >= 4 is 11.3 Å². The van der Waals surface area contributed by atoms with E-state index in [2.05, 4.69) is 17.4 Å². The van der Waals surface area contributed by atoms with Gasteiger partial charge in [-0.25, -0.2) is 4.98 Å². The summed E-state index contributed by atoms with van der Waals surface area (Å²) in [5.41, 5.74) is 3.05. The molecule has 0 atom stereocenters. The molecule has 1 aliphatic carbocycles. The van der Waals surface area contributed by atoms with Gasteiger partial charge in [0, 0.05) is 11.1 Å². The maximum Gasteiger partial charge on any atom is 0.0925 e. The topological polar surface area (TPSA) is 34.2 Å². The van der Waals surface area contributed by atoms with Gasteiger partial charge >= 0.3 is 0 Å². The summed E-state index contributed by atoms with van der Waals surface area (Å²) in [6, 6.07) is 0. The molecule has 1 N–H and O–H groups in total. The number of nitrogens with zero attached hydrogens (tertiary/aromatic N) is 1. The smallest absolute Gasteiger partial charge is 0.0925 e. The van der Waals surface area contributed by atoms with E-state index in [-0.39, 0.29) is 0 Å². The highest BCUT2D eigenvalue weighted by Gasteiger charge is 2.15. The number of thiazole rings is 1. The first-order valence-electron chi connectivity index (χ1n) is 5.70. The lowest BCUT2D eigenvalue weighted by Gasteiger charge is -2.10. The standard InChI is InChI=1S/C11H18N2OS/c1-2-11-12-7-10(15-11)8-13-14-9-5-3-4-6-9/h7,9,13H,2-6,8H2,1H3. The van der Waals surface area contributed by atoms with Crippen LogP contribution in [0.3, 0.4) is 0 Å². The Morgan fingerprint density at radius 3 is 3.00 bits per heavy atom. The van der Waals surface area contributed by atoms with Gasteiger partial charge in [-0.05, 0) is 19.3 Å². The minimum absolute atomic E-state index is 0.434. The summed E-state index contributed by atoms with van der Waals surface area (Å²) in [6.45, 7) is 2.92. The van der Waals surface area contributed by atoms with Crippen LogP contribution in [-0.2, 0) is 17.8 Å². The summed E-state index contributed by atoms with van der Waals surface area (Å²) < 4.78 is 0. The average Bonchev–Trinajstić information content (AvgIpc) is 2.88. The maximum absolute atomic E-state index is 5.58. The van der Waals surface area contributed by atoms with Crippen LogP contribution in [-0.4, -0.2) is 11.1 Å². The van der Waals surface area contributed by atoms with Gasteiger partial charge in [-0.1, -0.05) is 19.8 Å². The molecule has 0 saturated heterocycles. The van der Waals surface area contributed by atoms with Gasteiger partial charge in [0.05, 0.1) is 17.7 Å². The Bertz CT molecular complexity index is 295. The minimum Gasteiger partial charge on any atom is -0.298 e. The van der Waals surface area contributed by atoms with E-state index in [0.717, 1.165) is 13.0 Å². The molecule has 0 amide bonds. The zero-order chi connectivity index (χ0) is 10.5. The fraction of sp³-hybridized carbons (Fsp3) is 0.727. The number of aryl methyl sites for hydroxylation is 1. The molecule has 1 saturated carbocycles. The highest BCUT2D eigenvalue weighted by Crippen LogP contribution is 2.20. The predicted octanol–water partition coefficient (Wildman–Crippen LogP) is 2.67. The molecule has 0 aliphatic heterocycles. The van der Waals surface area contributed by atoms with E-state index in [1.54, 1.807) is 11.3 Å². The highest BCUT2D eigenvalue weighted by molar-refractivity contribution is 7.11. The van der Waals surface area contributed by atoms with Crippen LogP contribution in [0.4, 0.5) is 0 Å². The lowest BCUT2D eigenvalue weighted by Crippen LogP contribution is -2.20. The van der Waals surface area contributed by atoms with Crippen LogP contribution < -0.4 is 5.48 Å². The van der Waals surface area contributed by atoms with Crippen molar-refractivity contribution in [2.75, 3.05) is 0 Å². The molecule has 1 aliphatic rings. The molecule has 0 bridgehead atoms. The van der Waals surface area contributed by atoms with Crippen LogP contribution in [0.2, 0.25) is 0 Å². The normalized spacial score (nSPS) is 17.4. The van der Waals surface area contributed by atoms with Crippen molar-refractivity contribution in [2.45, 2.75) is 51.7 Å². The van der Waals surface area contributed by atoms with Gasteiger partial charge in [-0.3, -0.25) is 4.84 Å². The van der Waals surface area contributed by atoms with Gasteiger partial charge in [0.25, 0.3) is 0 Å². The highest BCUT2D eigenvalue weighted by atomic mass is 32.1. The molecule has 0 unspecified atom stereocenters. The van der Waals surface area contributed by atoms with E-state index >= 15 is 0 Å². The van der Waals surface area contributed by atoms with Gasteiger partial charge in [-0.15, -0.1) is 11.3 Å². The summed E-state index contributed by atoms with van der Waals surface area (Å²) in [5.74, 6) is 0. The first kappa shape index (κ1) is 11.0. The van der Waals surface area contributed by atoms with E-state index in [9.17, 15) is 0 Å². The Hall–Kier alpha value is -0.450. The summed E-state index contributed by atoms with van der Waals surface area (Å²) in [5, 5.41) is 1.20. The molecule has 15 heavy (non-hydrogen) atoms. The monoisotopic (exact) mass is 226 g/mol. The fourth-order valence-electron chi connectivity index (χ4n) is 1.83. The number of rotatable bonds is 5. The third-order valence-electron chi connectivity index (χ3n) is 2.70. The molecular weight excluding hydrogens is 208 g/mol. The zero-order valence-corrected chi connectivity index (χ0v) is 9.98. The summed E-state index contributed by atoms with van der Waals surface area (Å²) in [6.07, 6.45) is 8.43. The van der Waals surface area contributed by atoms with E-state index in [1.165, 1.54) is 35.6 Å². The molecule has 1 aromatic rings. The molecular formula is C11H18N2OS. The molecule has 1 heterocycles. The third kappa shape index (κ3) is 3.26. The maximum atomic E-state index is 5.58. The zero-order valence-electron chi connectivity index (χ0n) is 9.16. The average molecular weight is 226 g/mol. The molecule has 4 heteroatoms. The largest absolute Gasteiger partial charge is 0.298 e. The SMILES string of the molecule is CCc1ncc(CNOC2CCCC2)s1. The van der Waals surface area contributed by atoms with Crippen molar-refractivity contribution in [1.29, 1.82) is 0 Å². The first-order chi connectivity index (χ1) is 7.38. The summed E-state index contributed by atoms with van der Waals surface area (Å²) in [4.78, 5) is 11.1. The Morgan fingerprint density at radius 2 is 2.33 bits per heavy atom. The molecule has 1 aromatic heterocycles. The number of hydrogen-bond acceptors (Lipinski definition) is 4. The Labute approximate surface area is 94.8 Å². The second-order valence-corrected chi connectivity index (χ2v) is 5.12. The number of hydroxylamine groups is 1. The molecule has 2 rings (SSSR count). The minimum atomic E-state index is 0.434. The van der Waals surface area contributed by atoms with Crippen LogP contribution >= 0.6 is 11.3 Å². The van der Waals surface area contributed by atoms with Crippen molar-refractivity contribution in [3.05, 3.63) is 16.1 Å². The Balaban J connectivity index is 1.68. The van der Waals surface area contributed by atoms with Crippen LogP contribution in [0.5, 0.6) is 0 Å². The Morgan fingerprint density at radius 1 is 1.53 bits per heavy atom. The van der Waals surface area contributed by atoms with Crippen LogP contribution in [0.1, 0.15) is 42.5 Å². The second kappa shape index (κ2) is 5.58. The predicted molar refractivity (Wildman–Crippen MR) is 61.7 cm³/mol. The number of nitrogens with one attached hydrogen (secondary N) is 1. The van der Waals surface area contributed by atoms with Crippen LogP contribution in [0.15, 0.2) is 6.20 Å². The number of hydrogen-bond donors (Lipinski definition) is 1. The van der Waals surface area contributed by atoms with E-state index in [4.69, 9.17) is 4.84 Å². The van der Waals surface area contributed by atoms with Gasteiger partial charge in [0.15, 0.2) is 0 Å². The van der Waals surface area contributed by atoms with Crippen LogP contribution in [0.25, 0.3) is 0 Å². The van der Waals surface area contributed by atoms with E-state index in [0.29, 0.717) is 6.10 Å². The van der Waals surface area contributed by atoms with Gasteiger partial charge in [-0.2, -0.15) is 5.48 Å². The van der Waals surface area contributed by atoms with Crippen LogP contribution in [0, 0.1) is 0 Å². The van der Waals surface area contributed by atoms with Crippen molar-refractivity contribution < 1.29 is 4.84 Å². The van der Waals surface area contributed by atoms with E-state index < -0.39 is 0 Å². The van der Waals surface area contributed by atoms with Gasteiger partial charge in [0.1, 0.15) is 0 Å². The van der Waals surface area contributed by atoms with Crippen molar-refractivity contribution in [2.24, 2.45) is 0 Å². The second-order valence-electron chi connectivity index (χ2n) is 3.92. The van der Waals surface area contributed by atoms with Crippen molar-refractivity contribution in [3.63, 3.8) is 0 Å². The molecule has 3 nitrogen and oxygen atoms in total. The first-order valence-corrected chi connectivity index (χ1v) is 6.52. The summed E-state index contributed by atoms with van der Waals surface area (Å²) >= 11 is 1.76. The molecule has 0 aromatic carbocycles. The van der Waals surface area contributed by atoms with Gasteiger partial charge < -0.3 is 0 Å².